The van der Waals surface area contributed by atoms with E-state index in [1.54, 1.807) is 6.07 Å². The predicted molar refractivity (Wildman–Crippen MR) is 94.6 cm³/mol. The fourth-order valence-corrected chi connectivity index (χ4v) is 2.87. The van der Waals surface area contributed by atoms with Gasteiger partial charge < -0.3 is 0 Å². The molecule has 3 aromatic rings. The molecule has 22 heavy (non-hydrogen) atoms. The molecule has 1 heterocycles. The highest BCUT2D eigenvalue weighted by molar-refractivity contribution is 6.37. The molecule has 0 fully saturated rings. The van der Waals surface area contributed by atoms with Gasteiger partial charge in [-0.3, -0.25) is 0 Å². The van der Waals surface area contributed by atoms with E-state index in [1.807, 2.05) is 48.5 Å². The number of pyridine rings is 1. The number of hydrogen-bond donors (Lipinski definition) is 0. The summed E-state index contributed by atoms with van der Waals surface area (Å²) >= 11 is 12.7. The topological polar surface area (TPSA) is 12.9 Å². The number of rotatable bonds is 2. The van der Waals surface area contributed by atoms with Gasteiger partial charge in [0.05, 0.1) is 21.4 Å². The first-order chi connectivity index (χ1) is 10.5. The van der Waals surface area contributed by atoms with E-state index in [4.69, 9.17) is 28.2 Å². The Balaban J connectivity index is 2.14. The zero-order chi connectivity index (χ0) is 15.7. The lowest BCUT2D eigenvalue weighted by Crippen LogP contribution is -1.91. The lowest BCUT2D eigenvalue weighted by atomic mass is 10.1. The zero-order valence-electron chi connectivity index (χ0n) is 12.4. The molecular formula is C19H15Cl2N. The average Bonchev–Trinajstić information content (AvgIpc) is 2.50. The normalized spacial score (nSPS) is 10.7. The van der Waals surface area contributed by atoms with E-state index in [9.17, 15) is 0 Å². The summed E-state index contributed by atoms with van der Waals surface area (Å²) in [6.07, 6.45) is 0. The van der Waals surface area contributed by atoms with Gasteiger partial charge in [0, 0.05) is 11.1 Å². The maximum Gasteiger partial charge on any atom is 0.0896 e. The second-order valence-corrected chi connectivity index (χ2v) is 6.20. The first kappa shape index (κ1) is 15.1. The van der Waals surface area contributed by atoms with E-state index in [2.05, 4.69) is 13.8 Å². The van der Waals surface area contributed by atoms with E-state index in [0.717, 1.165) is 22.5 Å². The lowest BCUT2D eigenvalue weighted by Gasteiger charge is -2.10. The van der Waals surface area contributed by atoms with Crippen molar-refractivity contribution in [2.24, 2.45) is 0 Å². The molecule has 3 heteroatoms. The maximum atomic E-state index is 6.34. The van der Waals surface area contributed by atoms with Gasteiger partial charge in [-0.25, -0.2) is 4.98 Å². The van der Waals surface area contributed by atoms with Crippen LogP contribution in [0.3, 0.4) is 0 Å². The number of nitrogens with zero attached hydrogens (tertiary/aromatic N) is 1. The molecule has 0 saturated heterocycles. The fourth-order valence-electron chi connectivity index (χ4n) is 2.29. The van der Waals surface area contributed by atoms with E-state index in [1.165, 1.54) is 11.1 Å². The van der Waals surface area contributed by atoms with E-state index < -0.39 is 0 Å². The molecule has 0 bridgehead atoms. The molecule has 0 radical (unpaired) electrons. The van der Waals surface area contributed by atoms with Crippen molar-refractivity contribution < 1.29 is 0 Å². The quantitative estimate of drug-likeness (QED) is 0.535. The van der Waals surface area contributed by atoms with Crippen LogP contribution in [0.4, 0.5) is 0 Å². The number of halogens is 2. The Kier molecular flexibility index (Phi) is 4.19. The monoisotopic (exact) mass is 327 g/mol. The van der Waals surface area contributed by atoms with Gasteiger partial charge in [-0.1, -0.05) is 82.9 Å². The number of aryl methyl sites for hydroxylation is 2. The molecular weight excluding hydrogens is 313 g/mol. The van der Waals surface area contributed by atoms with Crippen molar-refractivity contribution in [3.05, 3.63) is 75.8 Å². The van der Waals surface area contributed by atoms with Gasteiger partial charge >= 0.3 is 0 Å². The predicted octanol–water partition coefficient (Wildman–Crippen LogP) is 6.34. The van der Waals surface area contributed by atoms with Crippen molar-refractivity contribution in [2.45, 2.75) is 13.8 Å². The molecule has 0 amide bonds. The van der Waals surface area contributed by atoms with Gasteiger partial charge in [-0.2, -0.15) is 0 Å². The molecule has 1 nitrogen and oxygen atoms in total. The fraction of sp³-hybridized carbons (Fsp3) is 0.105. The summed E-state index contributed by atoms with van der Waals surface area (Å²) in [7, 11) is 0. The van der Waals surface area contributed by atoms with E-state index in [0.29, 0.717) is 10.0 Å². The van der Waals surface area contributed by atoms with Crippen LogP contribution in [0, 0.1) is 13.8 Å². The second-order valence-electron chi connectivity index (χ2n) is 5.38. The standard InChI is InChI=1S/C19H15Cl2N/c1-12-3-7-14(8-4-12)18-16(20)11-17(21)19(22-18)15-9-5-13(2)6-10-15/h3-11H,1-2H3. The molecule has 0 N–H and O–H groups in total. The van der Waals surface area contributed by atoms with Crippen molar-refractivity contribution in [2.75, 3.05) is 0 Å². The highest BCUT2D eigenvalue weighted by Gasteiger charge is 2.12. The molecule has 0 unspecified atom stereocenters. The Morgan fingerprint density at radius 2 is 1.00 bits per heavy atom. The molecule has 0 aliphatic rings. The molecule has 0 saturated carbocycles. The SMILES string of the molecule is Cc1ccc(-c2nc(-c3ccc(C)cc3)c(Cl)cc2Cl)cc1. The molecule has 0 spiro atoms. The minimum atomic E-state index is 0.560. The van der Waals surface area contributed by atoms with Crippen LogP contribution in [0.25, 0.3) is 22.5 Å². The van der Waals surface area contributed by atoms with Gasteiger partial charge in [0.15, 0.2) is 0 Å². The van der Waals surface area contributed by atoms with Gasteiger partial charge in [-0.05, 0) is 19.9 Å². The van der Waals surface area contributed by atoms with Crippen molar-refractivity contribution >= 4 is 23.2 Å². The van der Waals surface area contributed by atoms with Crippen LogP contribution in [0.15, 0.2) is 54.6 Å². The minimum Gasteiger partial charge on any atom is -0.245 e. The smallest absolute Gasteiger partial charge is 0.0896 e. The molecule has 2 aromatic carbocycles. The summed E-state index contributed by atoms with van der Waals surface area (Å²) in [4.78, 5) is 4.71. The van der Waals surface area contributed by atoms with Gasteiger partial charge in [-0.15, -0.1) is 0 Å². The molecule has 110 valence electrons. The van der Waals surface area contributed by atoms with E-state index >= 15 is 0 Å². The first-order valence-electron chi connectivity index (χ1n) is 7.05. The van der Waals surface area contributed by atoms with Crippen molar-refractivity contribution in [3.63, 3.8) is 0 Å². The Bertz CT molecular complexity index is 739. The Morgan fingerprint density at radius 1 is 0.636 bits per heavy atom. The molecule has 0 atom stereocenters. The van der Waals surface area contributed by atoms with Crippen LogP contribution < -0.4 is 0 Å². The largest absolute Gasteiger partial charge is 0.245 e. The number of aromatic nitrogens is 1. The summed E-state index contributed by atoms with van der Waals surface area (Å²) < 4.78 is 0. The first-order valence-corrected chi connectivity index (χ1v) is 7.80. The zero-order valence-corrected chi connectivity index (χ0v) is 13.9. The maximum absolute atomic E-state index is 6.34. The highest BCUT2D eigenvalue weighted by atomic mass is 35.5. The molecule has 0 aliphatic carbocycles. The third-order valence-corrected chi connectivity index (χ3v) is 4.16. The summed E-state index contributed by atoms with van der Waals surface area (Å²) in [5.41, 5.74) is 5.88. The van der Waals surface area contributed by atoms with Gasteiger partial charge in [0.25, 0.3) is 0 Å². The van der Waals surface area contributed by atoms with Crippen LogP contribution in [0.5, 0.6) is 0 Å². The number of benzene rings is 2. The van der Waals surface area contributed by atoms with Gasteiger partial charge in [0.2, 0.25) is 0 Å². The van der Waals surface area contributed by atoms with Crippen molar-refractivity contribution in [1.82, 2.24) is 4.98 Å². The van der Waals surface area contributed by atoms with Crippen LogP contribution in [-0.4, -0.2) is 4.98 Å². The minimum absolute atomic E-state index is 0.560. The lowest BCUT2D eigenvalue weighted by molar-refractivity contribution is 1.31. The second kappa shape index (κ2) is 6.12. The van der Waals surface area contributed by atoms with Crippen molar-refractivity contribution in [1.29, 1.82) is 0 Å². The van der Waals surface area contributed by atoms with E-state index in [-0.39, 0.29) is 0 Å². The highest BCUT2D eigenvalue weighted by Crippen LogP contribution is 2.34. The third kappa shape index (κ3) is 3.01. The van der Waals surface area contributed by atoms with Crippen LogP contribution >= 0.6 is 23.2 Å². The van der Waals surface area contributed by atoms with Crippen molar-refractivity contribution in [3.8, 4) is 22.5 Å². The summed E-state index contributed by atoms with van der Waals surface area (Å²) in [6, 6.07) is 18.1. The third-order valence-electron chi connectivity index (χ3n) is 3.58. The Morgan fingerprint density at radius 3 is 1.36 bits per heavy atom. The van der Waals surface area contributed by atoms with Crippen LogP contribution in [0.1, 0.15) is 11.1 Å². The summed E-state index contributed by atoms with van der Waals surface area (Å²) in [6.45, 7) is 4.11. The molecule has 0 aliphatic heterocycles. The van der Waals surface area contributed by atoms with Gasteiger partial charge in [0.1, 0.15) is 0 Å². The van der Waals surface area contributed by atoms with Crippen LogP contribution in [0.2, 0.25) is 10.0 Å². The Hall–Kier alpha value is -1.83. The summed E-state index contributed by atoms with van der Waals surface area (Å²) in [5.74, 6) is 0. The average molecular weight is 328 g/mol. The molecule has 1 aromatic heterocycles. The van der Waals surface area contributed by atoms with Crippen LogP contribution in [-0.2, 0) is 0 Å². The number of hydrogen-bond acceptors (Lipinski definition) is 1. The summed E-state index contributed by atoms with van der Waals surface area (Å²) in [5, 5.41) is 1.12. The Labute approximate surface area is 140 Å². The molecule has 3 rings (SSSR count).